The molecular weight excluding hydrogens is 172 g/mol. The summed E-state index contributed by atoms with van der Waals surface area (Å²) in [6.45, 7) is 3.39. The highest BCUT2D eigenvalue weighted by atomic mass is 35.5. The lowest BCUT2D eigenvalue weighted by molar-refractivity contribution is 0.194. The normalized spacial score (nSPS) is 20.0. The van der Waals surface area contributed by atoms with Gasteiger partial charge in [0.1, 0.15) is 0 Å². The van der Waals surface area contributed by atoms with Crippen LogP contribution in [0.15, 0.2) is 0 Å². The highest BCUT2D eigenvalue weighted by molar-refractivity contribution is 7.85. The lowest BCUT2D eigenvalue weighted by atomic mass is 10.3. The van der Waals surface area contributed by atoms with Gasteiger partial charge in [0.05, 0.1) is 11.4 Å². The van der Waals surface area contributed by atoms with E-state index in [9.17, 15) is 4.21 Å². The Labute approximate surface area is 69.0 Å². The van der Waals surface area contributed by atoms with Crippen LogP contribution in [0.3, 0.4) is 0 Å². The van der Waals surface area contributed by atoms with Crippen molar-refractivity contribution in [1.82, 2.24) is 0 Å². The zero-order valence-electron chi connectivity index (χ0n) is 6.21. The van der Waals surface area contributed by atoms with Gasteiger partial charge >= 0.3 is 0 Å². The van der Waals surface area contributed by atoms with E-state index in [4.69, 9.17) is 16.7 Å². The minimum Gasteiger partial charge on any atom is -0.392 e. The van der Waals surface area contributed by atoms with Crippen LogP contribution < -0.4 is 0 Å². The number of aliphatic hydroxyl groups excluding tert-OH is 1. The molecule has 0 bridgehead atoms. The van der Waals surface area contributed by atoms with E-state index < -0.39 is 16.9 Å². The molecule has 2 nitrogen and oxygen atoms in total. The van der Waals surface area contributed by atoms with Crippen molar-refractivity contribution in [2.45, 2.75) is 25.2 Å². The van der Waals surface area contributed by atoms with Crippen molar-refractivity contribution in [3.63, 3.8) is 0 Å². The van der Waals surface area contributed by atoms with Crippen LogP contribution in [0, 0.1) is 0 Å². The van der Waals surface area contributed by atoms with Gasteiger partial charge in [-0.15, -0.1) is 11.6 Å². The molecule has 0 amide bonds. The van der Waals surface area contributed by atoms with Gasteiger partial charge in [-0.1, -0.05) is 0 Å². The van der Waals surface area contributed by atoms with Crippen LogP contribution in [0.5, 0.6) is 0 Å². The maximum Gasteiger partial charge on any atom is 0.0652 e. The third-order valence-electron chi connectivity index (χ3n) is 1.37. The fraction of sp³-hybridized carbons (Fsp3) is 1.00. The number of halogens is 1. The van der Waals surface area contributed by atoms with Crippen LogP contribution in [-0.4, -0.2) is 32.3 Å². The first-order chi connectivity index (χ1) is 4.59. The Morgan fingerprint density at radius 1 is 1.60 bits per heavy atom. The third kappa shape index (κ3) is 3.54. The van der Waals surface area contributed by atoms with Crippen molar-refractivity contribution in [1.29, 1.82) is 0 Å². The summed E-state index contributed by atoms with van der Waals surface area (Å²) in [5, 5.41) is 8.81. The van der Waals surface area contributed by atoms with Gasteiger partial charge in [-0.2, -0.15) is 0 Å². The Kier molecular flexibility index (Phi) is 5.31. The van der Waals surface area contributed by atoms with Gasteiger partial charge in [0, 0.05) is 22.4 Å². The number of aliphatic hydroxyl groups is 1. The molecule has 0 heterocycles. The lowest BCUT2D eigenvalue weighted by Gasteiger charge is -2.12. The third-order valence-corrected chi connectivity index (χ3v) is 3.62. The van der Waals surface area contributed by atoms with Crippen LogP contribution in [-0.2, 0) is 10.8 Å². The molecule has 0 rings (SSSR count). The average molecular weight is 185 g/mol. The second-order valence-electron chi connectivity index (χ2n) is 2.22. The maximum absolute atomic E-state index is 11.1. The summed E-state index contributed by atoms with van der Waals surface area (Å²) in [5.41, 5.74) is 0. The van der Waals surface area contributed by atoms with Gasteiger partial charge in [-0.3, -0.25) is 4.21 Å². The summed E-state index contributed by atoms with van der Waals surface area (Å²) in [4.78, 5) is 0. The first-order valence-corrected chi connectivity index (χ1v) is 5.12. The van der Waals surface area contributed by atoms with Crippen LogP contribution in [0.4, 0.5) is 0 Å². The van der Waals surface area contributed by atoms with Gasteiger partial charge in [0.25, 0.3) is 0 Å². The van der Waals surface area contributed by atoms with Crippen molar-refractivity contribution in [3.8, 4) is 0 Å². The summed E-state index contributed by atoms with van der Waals surface area (Å²) in [5.74, 6) is 0.858. The highest BCUT2D eigenvalue weighted by Gasteiger charge is 2.15. The zero-order valence-corrected chi connectivity index (χ0v) is 7.78. The molecule has 3 atom stereocenters. The average Bonchev–Trinajstić information content (AvgIpc) is 1.87. The molecule has 0 aromatic carbocycles. The quantitative estimate of drug-likeness (QED) is 0.655. The molecule has 0 saturated heterocycles. The molecule has 0 saturated carbocycles. The lowest BCUT2D eigenvalue weighted by Crippen LogP contribution is -2.26. The number of hydrogen-bond acceptors (Lipinski definition) is 2. The summed E-state index contributed by atoms with van der Waals surface area (Å²) < 4.78 is 11.1. The largest absolute Gasteiger partial charge is 0.392 e. The van der Waals surface area contributed by atoms with E-state index >= 15 is 0 Å². The predicted octanol–water partition coefficient (Wildman–Crippen LogP) is 0.743. The molecular formula is C6H13ClO2S. The van der Waals surface area contributed by atoms with Crippen molar-refractivity contribution < 1.29 is 9.32 Å². The van der Waals surface area contributed by atoms with E-state index in [1.165, 1.54) is 0 Å². The molecule has 1 N–H and O–H groups in total. The molecule has 0 aromatic heterocycles. The first-order valence-electron chi connectivity index (χ1n) is 3.20. The molecule has 10 heavy (non-hydrogen) atoms. The molecule has 0 aliphatic heterocycles. The van der Waals surface area contributed by atoms with E-state index in [1.54, 1.807) is 13.8 Å². The van der Waals surface area contributed by atoms with Gasteiger partial charge in [-0.05, 0) is 13.8 Å². The molecule has 4 heteroatoms. The Morgan fingerprint density at radius 2 is 2.10 bits per heavy atom. The molecule has 0 spiro atoms. The smallest absolute Gasteiger partial charge is 0.0652 e. The Bertz CT molecular complexity index is 116. The Morgan fingerprint density at radius 3 is 2.40 bits per heavy atom. The molecule has 0 aliphatic rings. The minimum absolute atomic E-state index is 0.168. The van der Waals surface area contributed by atoms with Crippen LogP contribution in [0.2, 0.25) is 0 Å². The molecule has 0 unspecified atom stereocenters. The fourth-order valence-electron chi connectivity index (χ4n) is 0.482. The summed E-state index contributed by atoms with van der Waals surface area (Å²) in [6.07, 6.45) is -0.510. The number of rotatable bonds is 4. The molecule has 0 aromatic rings. The monoisotopic (exact) mass is 184 g/mol. The van der Waals surface area contributed by atoms with Gasteiger partial charge < -0.3 is 5.11 Å². The molecule has 0 radical (unpaired) electrons. The van der Waals surface area contributed by atoms with Crippen molar-refractivity contribution >= 4 is 22.4 Å². The summed E-state index contributed by atoms with van der Waals surface area (Å²) >= 11 is 5.37. The van der Waals surface area contributed by atoms with E-state index in [-0.39, 0.29) is 5.25 Å². The Balaban J connectivity index is 3.71. The van der Waals surface area contributed by atoms with Crippen LogP contribution in [0.25, 0.3) is 0 Å². The van der Waals surface area contributed by atoms with Gasteiger partial charge in [0.15, 0.2) is 0 Å². The van der Waals surface area contributed by atoms with Crippen LogP contribution >= 0.6 is 11.6 Å². The zero-order chi connectivity index (χ0) is 8.15. The summed E-state index contributed by atoms with van der Waals surface area (Å²) in [6, 6.07) is 0. The van der Waals surface area contributed by atoms with E-state index in [0.29, 0.717) is 11.6 Å². The Hall–Kier alpha value is 0.400. The first kappa shape index (κ1) is 10.4. The fourth-order valence-corrected chi connectivity index (χ4v) is 1.90. The standard InChI is InChI=1S/C6H13ClO2S/c1-5(8)6(2)10(9)4-3-7/h5-6,8H,3-4H2,1-2H3/t5-,6-,10-/m1/s1. The number of hydrogen-bond donors (Lipinski definition) is 1. The van der Waals surface area contributed by atoms with Gasteiger partial charge in [-0.25, -0.2) is 0 Å². The van der Waals surface area contributed by atoms with Crippen molar-refractivity contribution in [2.75, 3.05) is 11.6 Å². The number of alkyl halides is 1. The maximum atomic E-state index is 11.1. The van der Waals surface area contributed by atoms with Crippen molar-refractivity contribution in [2.24, 2.45) is 0 Å². The van der Waals surface area contributed by atoms with E-state index in [1.807, 2.05) is 0 Å². The second kappa shape index (κ2) is 5.10. The SMILES string of the molecule is C[C@H]([C@@H](C)O)[S@](=O)CCCl. The molecule has 0 aliphatic carbocycles. The van der Waals surface area contributed by atoms with Crippen molar-refractivity contribution in [3.05, 3.63) is 0 Å². The van der Waals surface area contributed by atoms with Crippen LogP contribution in [0.1, 0.15) is 13.8 Å². The second-order valence-corrected chi connectivity index (χ2v) is 4.51. The topological polar surface area (TPSA) is 37.3 Å². The molecule has 0 fully saturated rings. The molecule has 62 valence electrons. The summed E-state index contributed by atoms with van der Waals surface area (Å²) in [7, 11) is -0.977. The minimum atomic E-state index is -0.977. The predicted molar refractivity (Wildman–Crippen MR) is 44.9 cm³/mol. The van der Waals surface area contributed by atoms with Gasteiger partial charge in [0.2, 0.25) is 0 Å². The highest BCUT2D eigenvalue weighted by Crippen LogP contribution is 2.01. The van der Waals surface area contributed by atoms with E-state index in [2.05, 4.69) is 0 Å². The van der Waals surface area contributed by atoms with E-state index in [0.717, 1.165) is 0 Å².